The fraction of sp³-hybridized carbons (Fsp3) is 0.909. The molecule has 0 aliphatic rings. The highest BCUT2D eigenvalue weighted by molar-refractivity contribution is 5.76. The normalized spacial score (nSPS) is 13.7. The molecule has 4 nitrogen and oxygen atoms in total. The summed E-state index contributed by atoms with van der Waals surface area (Å²) in [5, 5.41) is 11.8. The van der Waals surface area contributed by atoms with Crippen LogP contribution in [-0.4, -0.2) is 30.7 Å². The van der Waals surface area contributed by atoms with Gasteiger partial charge in [0.2, 0.25) is 5.91 Å². The summed E-state index contributed by atoms with van der Waals surface area (Å²) in [6, 6.07) is 0. The molecular formula is C11H24N2O2. The molecule has 0 rings (SSSR count). The molecule has 0 aromatic rings. The Morgan fingerprint density at radius 1 is 1.53 bits per heavy atom. The number of nitrogens with one attached hydrogen (secondary N) is 1. The molecule has 0 heterocycles. The number of carbonyl (C=O) groups excluding carboxylic acids is 1. The first-order valence-electron chi connectivity index (χ1n) is 5.52. The molecule has 0 aromatic heterocycles. The summed E-state index contributed by atoms with van der Waals surface area (Å²) in [7, 11) is 0. The van der Waals surface area contributed by atoms with Crippen LogP contribution in [-0.2, 0) is 4.79 Å². The zero-order chi connectivity index (χ0) is 11.9. The second-order valence-electron chi connectivity index (χ2n) is 4.81. The van der Waals surface area contributed by atoms with Crippen LogP contribution in [0.4, 0.5) is 0 Å². The molecule has 0 aliphatic carbocycles. The Kier molecular flexibility index (Phi) is 6.52. The smallest absolute Gasteiger partial charge is 0.220 e. The topological polar surface area (TPSA) is 75.4 Å². The van der Waals surface area contributed by atoms with Crippen LogP contribution in [0.2, 0.25) is 0 Å². The van der Waals surface area contributed by atoms with E-state index in [1.807, 2.05) is 20.8 Å². The van der Waals surface area contributed by atoms with Crippen molar-refractivity contribution in [1.82, 2.24) is 5.32 Å². The third-order valence-corrected chi connectivity index (χ3v) is 2.58. The van der Waals surface area contributed by atoms with E-state index in [0.717, 1.165) is 6.42 Å². The van der Waals surface area contributed by atoms with E-state index in [1.165, 1.54) is 0 Å². The van der Waals surface area contributed by atoms with Crippen LogP contribution in [0.5, 0.6) is 0 Å². The number of rotatable bonds is 7. The van der Waals surface area contributed by atoms with Gasteiger partial charge in [-0.1, -0.05) is 27.2 Å². The van der Waals surface area contributed by atoms with Gasteiger partial charge >= 0.3 is 0 Å². The predicted octanol–water partition coefficient (Wildman–Crippen LogP) is 0.496. The van der Waals surface area contributed by atoms with Crippen LogP contribution in [0.1, 0.15) is 33.6 Å². The molecule has 4 heteroatoms. The molecule has 0 aliphatic heterocycles. The van der Waals surface area contributed by atoms with Gasteiger partial charge in [-0.15, -0.1) is 0 Å². The summed E-state index contributed by atoms with van der Waals surface area (Å²) < 4.78 is 0. The Balaban J connectivity index is 3.84. The molecule has 0 radical (unpaired) electrons. The fourth-order valence-electron chi connectivity index (χ4n) is 1.12. The summed E-state index contributed by atoms with van der Waals surface area (Å²) >= 11 is 0. The highest BCUT2D eigenvalue weighted by atomic mass is 16.3. The van der Waals surface area contributed by atoms with Crippen LogP contribution in [0, 0.1) is 11.3 Å². The highest BCUT2D eigenvalue weighted by Gasteiger charge is 2.18. The Labute approximate surface area is 92.2 Å². The standard InChI is InChI=1S/C11H24N2O2/c1-4-9(6-12)5-10(15)13-7-11(2,3)8-14/h9,14H,4-8,12H2,1-3H3,(H,13,15). The summed E-state index contributed by atoms with van der Waals surface area (Å²) in [4.78, 5) is 11.5. The first-order chi connectivity index (χ1) is 6.95. The van der Waals surface area contributed by atoms with Crippen molar-refractivity contribution in [2.45, 2.75) is 33.6 Å². The molecule has 0 aromatic carbocycles. The lowest BCUT2D eigenvalue weighted by Gasteiger charge is -2.22. The minimum absolute atomic E-state index is 0.0221. The van der Waals surface area contributed by atoms with Crippen LogP contribution >= 0.6 is 0 Å². The molecule has 0 saturated carbocycles. The maximum atomic E-state index is 11.5. The van der Waals surface area contributed by atoms with Crippen molar-refractivity contribution in [3.63, 3.8) is 0 Å². The van der Waals surface area contributed by atoms with Crippen LogP contribution in [0.25, 0.3) is 0 Å². The predicted molar refractivity (Wildman–Crippen MR) is 61.3 cm³/mol. The zero-order valence-corrected chi connectivity index (χ0v) is 10.0. The number of hydrogen-bond acceptors (Lipinski definition) is 3. The van der Waals surface area contributed by atoms with E-state index in [0.29, 0.717) is 19.5 Å². The summed E-state index contributed by atoms with van der Waals surface area (Å²) in [6.45, 7) is 6.97. The van der Waals surface area contributed by atoms with E-state index in [-0.39, 0.29) is 23.8 Å². The Morgan fingerprint density at radius 2 is 2.13 bits per heavy atom. The third-order valence-electron chi connectivity index (χ3n) is 2.58. The van der Waals surface area contributed by atoms with Gasteiger partial charge in [0.05, 0.1) is 0 Å². The Bertz CT molecular complexity index is 189. The van der Waals surface area contributed by atoms with Crippen LogP contribution in [0.3, 0.4) is 0 Å². The van der Waals surface area contributed by atoms with E-state index in [2.05, 4.69) is 5.32 Å². The lowest BCUT2D eigenvalue weighted by molar-refractivity contribution is -0.122. The van der Waals surface area contributed by atoms with Crippen molar-refractivity contribution in [3.05, 3.63) is 0 Å². The van der Waals surface area contributed by atoms with E-state index in [1.54, 1.807) is 0 Å². The molecule has 0 saturated heterocycles. The van der Waals surface area contributed by atoms with Gasteiger partial charge in [-0.05, 0) is 12.5 Å². The monoisotopic (exact) mass is 216 g/mol. The Hall–Kier alpha value is -0.610. The number of nitrogens with two attached hydrogens (primary N) is 1. The molecular weight excluding hydrogens is 192 g/mol. The van der Waals surface area contributed by atoms with E-state index in [4.69, 9.17) is 10.8 Å². The summed E-state index contributed by atoms with van der Waals surface area (Å²) in [6.07, 6.45) is 1.40. The van der Waals surface area contributed by atoms with Crippen molar-refractivity contribution < 1.29 is 9.90 Å². The average molecular weight is 216 g/mol. The molecule has 4 N–H and O–H groups in total. The molecule has 90 valence electrons. The van der Waals surface area contributed by atoms with Crippen molar-refractivity contribution in [2.75, 3.05) is 19.7 Å². The van der Waals surface area contributed by atoms with Crippen molar-refractivity contribution in [3.8, 4) is 0 Å². The molecule has 1 amide bonds. The van der Waals surface area contributed by atoms with Crippen LogP contribution in [0.15, 0.2) is 0 Å². The molecule has 0 fully saturated rings. The lowest BCUT2D eigenvalue weighted by Crippen LogP contribution is -2.37. The minimum atomic E-state index is -0.250. The summed E-state index contributed by atoms with van der Waals surface area (Å²) in [5.74, 6) is 0.288. The lowest BCUT2D eigenvalue weighted by atomic mass is 9.94. The first-order valence-corrected chi connectivity index (χ1v) is 5.52. The van der Waals surface area contributed by atoms with Crippen molar-refractivity contribution in [1.29, 1.82) is 0 Å². The maximum Gasteiger partial charge on any atom is 0.220 e. The summed E-state index contributed by atoms with van der Waals surface area (Å²) in [5.41, 5.74) is 5.27. The SMILES string of the molecule is CCC(CN)CC(=O)NCC(C)(C)CO. The maximum absolute atomic E-state index is 11.5. The molecule has 1 atom stereocenters. The van der Waals surface area contributed by atoms with E-state index < -0.39 is 0 Å². The first kappa shape index (κ1) is 14.4. The fourth-order valence-corrected chi connectivity index (χ4v) is 1.12. The molecule has 1 unspecified atom stereocenters. The van der Waals surface area contributed by atoms with Gasteiger partial charge in [-0.2, -0.15) is 0 Å². The number of aliphatic hydroxyl groups is 1. The van der Waals surface area contributed by atoms with Gasteiger partial charge in [0.25, 0.3) is 0 Å². The largest absolute Gasteiger partial charge is 0.396 e. The minimum Gasteiger partial charge on any atom is -0.396 e. The average Bonchev–Trinajstić information content (AvgIpc) is 2.23. The second-order valence-corrected chi connectivity index (χ2v) is 4.81. The number of hydrogen-bond donors (Lipinski definition) is 3. The zero-order valence-electron chi connectivity index (χ0n) is 10.0. The van der Waals surface area contributed by atoms with Crippen LogP contribution < -0.4 is 11.1 Å². The van der Waals surface area contributed by atoms with Gasteiger partial charge in [-0.3, -0.25) is 4.79 Å². The van der Waals surface area contributed by atoms with Gasteiger partial charge in [0, 0.05) is 25.0 Å². The van der Waals surface area contributed by atoms with Gasteiger partial charge in [-0.25, -0.2) is 0 Å². The second kappa shape index (κ2) is 6.80. The van der Waals surface area contributed by atoms with Gasteiger partial charge in [0.1, 0.15) is 0 Å². The Morgan fingerprint density at radius 3 is 2.53 bits per heavy atom. The quantitative estimate of drug-likeness (QED) is 0.580. The van der Waals surface area contributed by atoms with E-state index >= 15 is 0 Å². The molecule has 0 bridgehead atoms. The van der Waals surface area contributed by atoms with Gasteiger partial charge < -0.3 is 16.2 Å². The molecule has 0 spiro atoms. The van der Waals surface area contributed by atoms with Gasteiger partial charge in [0.15, 0.2) is 0 Å². The van der Waals surface area contributed by atoms with Crippen molar-refractivity contribution in [2.24, 2.45) is 17.1 Å². The molecule has 15 heavy (non-hydrogen) atoms. The number of amides is 1. The van der Waals surface area contributed by atoms with Crippen molar-refractivity contribution >= 4 is 5.91 Å². The van der Waals surface area contributed by atoms with E-state index in [9.17, 15) is 4.79 Å². The number of aliphatic hydroxyl groups excluding tert-OH is 1. The number of carbonyl (C=O) groups is 1. The third kappa shape index (κ3) is 6.47. The highest BCUT2D eigenvalue weighted by Crippen LogP contribution is 2.12.